The van der Waals surface area contributed by atoms with E-state index < -0.39 is 0 Å². The van der Waals surface area contributed by atoms with Crippen LogP contribution in [0, 0.1) is 6.92 Å². The number of para-hydroxylation sites is 1. The summed E-state index contributed by atoms with van der Waals surface area (Å²) in [6.45, 7) is 6.49. The average molecular weight is 323 g/mol. The van der Waals surface area contributed by atoms with Gasteiger partial charge in [0, 0.05) is 16.6 Å². The summed E-state index contributed by atoms with van der Waals surface area (Å²) in [5.74, 6) is 0.879. The van der Waals surface area contributed by atoms with Crippen molar-refractivity contribution in [1.82, 2.24) is 0 Å². The van der Waals surface area contributed by atoms with Crippen molar-refractivity contribution in [3.8, 4) is 5.75 Å². The quantitative estimate of drug-likeness (QED) is 0.722. The number of ether oxygens (including phenoxy) is 1. The molecule has 2 aromatic carbocycles. The standard InChI is InChI=1S/C20H21NO3/c1-4-14-8-6-7-9-17(14)21-20(22)19-13(3)16-12-15(23-5-2)10-11-18(16)24-19/h6-12H,4-5H2,1-3H3,(H,21,22). The van der Waals surface area contributed by atoms with Gasteiger partial charge in [0.15, 0.2) is 5.76 Å². The molecule has 0 bridgehead atoms. The molecule has 24 heavy (non-hydrogen) atoms. The maximum atomic E-state index is 12.6. The number of benzene rings is 2. The zero-order valence-electron chi connectivity index (χ0n) is 14.2. The maximum Gasteiger partial charge on any atom is 0.291 e. The van der Waals surface area contributed by atoms with Gasteiger partial charge in [0.1, 0.15) is 11.3 Å². The average Bonchev–Trinajstić information content (AvgIpc) is 2.92. The molecule has 0 fully saturated rings. The van der Waals surface area contributed by atoms with Crippen molar-refractivity contribution >= 4 is 22.6 Å². The smallest absolute Gasteiger partial charge is 0.291 e. The predicted molar refractivity (Wildman–Crippen MR) is 95.9 cm³/mol. The van der Waals surface area contributed by atoms with Crippen LogP contribution in [0.5, 0.6) is 5.75 Å². The van der Waals surface area contributed by atoms with Gasteiger partial charge in [-0.15, -0.1) is 0 Å². The Labute approximate surface area is 141 Å². The molecular weight excluding hydrogens is 302 g/mol. The fraction of sp³-hybridized carbons (Fsp3) is 0.250. The summed E-state index contributed by atoms with van der Waals surface area (Å²) >= 11 is 0. The first kappa shape index (κ1) is 16.1. The second-order valence-electron chi connectivity index (χ2n) is 5.61. The molecule has 1 amide bonds. The summed E-state index contributed by atoms with van der Waals surface area (Å²) in [7, 11) is 0. The number of anilines is 1. The Balaban J connectivity index is 1.93. The van der Waals surface area contributed by atoms with E-state index in [1.165, 1.54) is 0 Å². The van der Waals surface area contributed by atoms with Gasteiger partial charge in [-0.05, 0) is 50.1 Å². The summed E-state index contributed by atoms with van der Waals surface area (Å²) < 4.78 is 11.3. The van der Waals surface area contributed by atoms with Crippen molar-refractivity contribution in [3.05, 3.63) is 59.4 Å². The number of aryl methyl sites for hydroxylation is 2. The second-order valence-corrected chi connectivity index (χ2v) is 5.61. The zero-order chi connectivity index (χ0) is 17.1. The van der Waals surface area contributed by atoms with Gasteiger partial charge in [0.25, 0.3) is 5.91 Å². The first-order valence-electron chi connectivity index (χ1n) is 8.19. The first-order chi connectivity index (χ1) is 11.6. The summed E-state index contributed by atoms with van der Waals surface area (Å²) in [4.78, 5) is 12.6. The minimum atomic E-state index is -0.234. The fourth-order valence-electron chi connectivity index (χ4n) is 2.80. The van der Waals surface area contributed by atoms with Crippen molar-refractivity contribution in [2.45, 2.75) is 27.2 Å². The van der Waals surface area contributed by atoms with Crippen LogP contribution >= 0.6 is 0 Å². The molecule has 0 radical (unpaired) electrons. The number of hydrogen-bond donors (Lipinski definition) is 1. The van der Waals surface area contributed by atoms with E-state index in [9.17, 15) is 4.79 Å². The Bertz CT molecular complexity index is 880. The Kier molecular flexibility index (Phi) is 4.56. The largest absolute Gasteiger partial charge is 0.494 e. The van der Waals surface area contributed by atoms with Crippen LogP contribution in [0.4, 0.5) is 5.69 Å². The molecule has 1 N–H and O–H groups in total. The highest BCUT2D eigenvalue weighted by Crippen LogP contribution is 2.29. The Morgan fingerprint density at radius 2 is 1.96 bits per heavy atom. The van der Waals surface area contributed by atoms with Crippen LogP contribution in [0.25, 0.3) is 11.0 Å². The molecular formula is C20H21NO3. The van der Waals surface area contributed by atoms with E-state index in [2.05, 4.69) is 12.2 Å². The lowest BCUT2D eigenvalue weighted by Gasteiger charge is -2.08. The first-order valence-corrected chi connectivity index (χ1v) is 8.19. The Morgan fingerprint density at radius 3 is 2.71 bits per heavy atom. The van der Waals surface area contributed by atoms with E-state index in [4.69, 9.17) is 9.15 Å². The Hall–Kier alpha value is -2.75. The van der Waals surface area contributed by atoms with Crippen molar-refractivity contribution in [2.24, 2.45) is 0 Å². The van der Waals surface area contributed by atoms with Crippen LogP contribution in [0.15, 0.2) is 46.9 Å². The highest BCUT2D eigenvalue weighted by Gasteiger charge is 2.19. The predicted octanol–water partition coefficient (Wildman–Crippen LogP) is 4.95. The van der Waals surface area contributed by atoms with E-state index in [1.54, 1.807) is 0 Å². The lowest BCUT2D eigenvalue weighted by Crippen LogP contribution is -2.13. The van der Waals surface area contributed by atoms with Gasteiger partial charge in [0.2, 0.25) is 0 Å². The minimum absolute atomic E-state index is 0.234. The van der Waals surface area contributed by atoms with Gasteiger partial charge in [-0.25, -0.2) is 0 Å². The molecule has 124 valence electrons. The molecule has 0 spiro atoms. The molecule has 0 aliphatic carbocycles. The number of hydrogen-bond acceptors (Lipinski definition) is 3. The van der Waals surface area contributed by atoms with Crippen LogP contribution < -0.4 is 10.1 Å². The third-order valence-electron chi connectivity index (χ3n) is 4.07. The van der Waals surface area contributed by atoms with E-state index in [-0.39, 0.29) is 5.91 Å². The topological polar surface area (TPSA) is 51.5 Å². The fourth-order valence-corrected chi connectivity index (χ4v) is 2.80. The molecule has 3 aromatic rings. The number of amides is 1. The molecule has 1 heterocycles. The molecule has 1 aromatic heterocycles. The van der Waals surface area contributed by atoms with Gasteiger partial charge in [0.05, 0.1) is 6.61 Å². The van der Waals surface area contributed by atoms with Gasteiger partial charge in [-0.1, -0.05) is 25.1 Å². The normalized spacial score (nSPS) is 10.8. The monoisotopic (exact) mass is 323 g/mol. The number of carbonyl (C=O) groups is 1. The lowest BCUT2D eigenvalue weighted by molar-refractivity contribution is 0.0998. The maximum absolute atomic E-state index is 12.6. The molecule has 3 rings (SSSR count). The summed E-state index contributed by atoms with van der Waals surface area (Å²) in [6.07, 6.45) is 0.854. The number of fused-ring (bicyclic) bond motifs is 1. The van der Waals surface area contributed by atoms with Crippen LogP contribution in [0.2, 0.25) is 0 Å². The van der Waals surface area contributed by atoms with E-state index >= 15 is 0 Å². The molecule has 0 aliphatic heterocycles. The van der Waals surface area contributed by atoms with Gasteiger partial charge in [-0.3, -0.25) is 4.79 Å². The molecule has 0 unspecified atom stereocenters. The molecule has 4 heteroatoms. The van der Waals surface area contributed by atoms with E-state index in [1.807, 2.05) is 56.3 Å². The summed E-state index contributed by atoms with van der Waals surface area (Å²) in [5.41, 5.74) is 3.42. The summed E-state index contributed by atoms with van der Waals surface area (Å²) in [5, 5.41) is 3.85. The van der Waals surface area contributed by atoms with Crippen molar-refractivity contribution in [3.63, 3.8) is 0 Å². The van der Waals surface area contributed by atoms with Gasteiger partial charge < -0.3 is 14.5 Å². The number of carbonyl (C=O) groups excluding carboxylic acids is 1. The highest BCUT2D eigenvalue weighted by atomic mass is 16.5. The zero-order valence-corrected chi connectivity index (χ0v) is 14.2. The Morgan fingerprint density at radius 1 is 1.17 bits per heavy atom. The minimum Gasteiger partial charge on any atom is -0.494 e. The van der Waals surface area contributed by atoms with Crippen LogP contribution in [-0.2, 0) is 6.42 Å². The van der Waals surface area contributed by atoms with Crippen molar-refractivity contribution < 1.29 is 13.9 Å². The third kappa shape index (κ3) is 3.00. The van der Waals surface area contributed by atoms with Crippen LogP contribution in [0.1, 0.15) is 35.5 Å². The van der Waals surface area contributed by atoms with Crippen molar-refractivity contribution in [2.75, 3.05) is 11.9 Å². The molecule has 0 atom stereocenters. The number of rotatable bonds is 5. The molecule has 4 nitrogen and oxygen atoms in total. The lowest BCUT2D eigenvalue weighted by atomic mass is 10.1. The van der Waals surface area contributed by atoms with Crippen LogP contribution in [-0.4, -0.2) is 12.5 Å². The number of nitrogens with one attached hydrogen (secondary N) is 1. The molecule has 0 saturated heterocycles. The van der Waals surface area contributed by atoms with Gasteiger partial charge >= 0.3 is 0 Å². The van der Waals surface area contributed by atoms with E-state index in [0.717, 1.165) is 34.4 Å². The molecule has 0 aliphatic rings. The second kappa shape index (κ2) is 6.79. The van der Waals surface area contributed by atoms with Crippen molar-refractivity contribution in [1.29, 1.82) is 0 Å². The highest BCUT2D eigenvalue weighted by molar-refractivity contribution is 6.06. The van der Waals surface area contributed by atoms with E-state index in [0.29, 0.717) is 18.0 Å². The third-order valence-corrected chi connectivity index (χ3v) is 4.07. The van der Waals surface area contributed by atoms with Gasteiger partial charge in [-0.2, -0.15) is 0 Å². The van der Waals surface area contributed by atoms with Crippen LogP contribution in [0.3, 0.4) is 0 Å². The molecule has 0 saturated carbocycles. The summed E-state index contributed by atoms with van der Waals surface area (Å²) in [6, 6.07) is 13.4. The number of furan rings is 1. The SMILES string of the molecule is CCOc1ccc2oc(C(=O)Nc3ccccc3CC)c(C)c2c1.